The third kappa shape index (κ3) is 6.14. The van der Waals surface area contributed by atoms with Gasteiger partial charge >= 0.3 is 0 Å². The van der Waals surface area contributed by atoms with E-state index in [9.17, 15) is 0 Å². The number of hydrogen-bond acceptors (Lipinski definition) is 2. The first-order chi connectivity index (χ1) is 27.3. The fraction of sp³-hybridized carbons (Fsp3) is 0.0189. The number of aromatic nitrogens is 2. The number of rotatable bonds is 7. The Kier molecular flexibility index (Phi) is 8.27. The molecule has 8 aromatic carbocycles. The summed E-state index contributed by atoms with van der Waals surface area (Å²) in [4.78, 5) is 10.4. The Morgan fingerprint density at radius 2 is 0.709 bits per heavy atom. The zero-order chi connectivity index (χ0) is 36.6. The Bertz CT molecular complexity index is 2720. The Balaban J connectivity index is 1.07. The zero-order valence-corrected chi connectivity index (χ0v) is 30.2. The Morgan fingerprint density at radius 1 is 0.327 bits per heavy atom. The third-order valence-electron chi connectivity index (χ3n) is 10.8. The molecule has 0 spiro atoms. The molecule has 0 amide bonds. The zero-order valence-electron chi connectivity index (χ0n) is 30.2. The highest BCUT2D eigenvalue weighted by atomic mass is 14.9. The van der Waals surface area contributed by atoms with Gasteiger partial charge in [0.2, 0.25) is 0 Å². The highest BCUT2D eigenvalue weighted by Gasteiger charge is 2.22. The van der Waals surface area contributed by atoms with Crippen molar-refractivity contribution in [2.75, 3.05) is 0 Å². The maximum atomic E-state index is 5.20. The van der Waals surface area contributed by atoms with Gasteiger partial charge in [-0.15, -0.1) is 0 Å². The van der Waals surface area contributed by atoms with Gasteiger partial charge in [-0.05, 0) is 78.9 Å². The normalized spacial score (nSPS) is 11.9. The van der Waals surface area contributed by atoms with Gasteiger partial charge in [0.25, 0.3) is 0 Å². The van der Waals surface area contributed by atoms with Gasteiger partial charge < -0.3 is 0 Å². The maximum absolute atomic E-state index is 5.20. The van der Waals surface area contributed by atoms with Crippen LogP contribution in [0.5, 0.6) is 0 Å². The van der Waals surface area contributed by atoms with E-state index in [1.807, 2.05) is 12.1 Å². The van der Waals surface area contributed by atoms with Crippen LogP contribution in [-0.4, -0.2) is 9.97 Å². The van der Waals surface area contributed by atoms with Crippen molar-refractivity contribution >= 4 is 16.8 Å². The fourth-order valence-corrected chi connectivity index (χ4v) is 8.03. The van der Waals surface area contributed by atoms with E-state index in [0.717, 1.165) is 34.5 Å². The van der Waals surface area contributed by atoms with Crippen LogP contribution >= 0.6 is 0 Å². The smallest absolute Gasteiger partial charge is 0.160 e. The molecule has 2 heteroatoms. The SMILES string of the molecule is C1=Cc2c(c(-c3ccc(-c4nc(-c5ccc(-c6ccccc6)cc5)cc(-c5ccc(-c6ccccc6)cc5)n4)cc3)c3ccccc3c2-c2ccccc2)C1. The van der Waals surface area contributed by atoms with Crippen molar-refractivity contribution in [2.24, 2.45) is 0 Å². The van der Waals surface area contributed by atoms with E-state index in [2.05, 4.69) is 194 Å². The lowest BCUT2D eigenvalue weighted by atomic mass is 9.84. The molecule has 9 aromatic rings. The van der Waals surface area contributed by atoms with Crippen molar-refractivity contribution in [2.45, 2.75) is 6.42 Å². The summed E-state index contributed by atoms with van der Waals surface area (Å²) in [5.74, 6) is 0.703. The summed E-state index contributed by atoms with van der Waals surface area (Å²) in [6, 6.07) is 69.0. The van der Waals surface area contributed by atoms with Gasteiger partial charge in [-0.3, -0.25) is 0 Å². The molecular weight excluding hydrogens is 665 g/mol. The molecule has 1 heterocycles. The average Bonchev–Trinajstić information content (AvgIpc) is 3.76. The summed E-state index contributed by atoms with van der Waals surface area (Å²) in [5.41, 5.74) is 17.4. The minimum Gasteiger partial charge on any atom is -0.228 e. The molecule has 1 aliphatic carbocycles. The van der Waals surface area contributed by atoms with E-state index in [0.29, 0.717) is 5.82 Å². The first kappa shape index (κ1) is 32.5. The molecule has 0 saturated heterocycles. The van der Waals surface area contributed by atoms with Crippen molar-refractivity contribution in [3.63, 3.8) is 0 Å². The molecule has 2 nitrogen and oxygen atoms in total. The number of nitrogens with zero attached hydrogens (tertiary/aromatic N) is 2. The van der Waals surface area contributed by atoms with Crippen molar-refractivity contribution in [3.05, 3.63) is 211 Å². The van der Waals surface area contributed by atoms with E-state index < -0.39 is 0 Å². The monoisotopic (exact) mass is 700 g/mol. The molecule has 0 saturated carbocycles. The van der Waals surface area contributed by atoms with Gasteiger partial charge in [0, 0.05) is 16.7 Å². The lowest BCUT2D eigenvalue weighted by Gasteiger charge is -2.19. The molecule has 1 aromatic heterocycles. The van der Waals surface area contributed by atoms with Crippen molar-refractivity contribution in [1.82, 2.24) is 9.97 Å². The maximum Gasteiger partial charge on any atom is 0.160 e. The van der Waals surface area contributed by atoms with Gasteiger partial charge in [0.1, 0.15) is 0 Å². The van der Waals surface area contributed by atoms with Crippen molar-refractivity contribution in [1.29, 1.82) is 0 Å². The van der Waals surface area contributed by atoms with Crippen LogP contribution in [-0.2, 0) is 6.42 Å². The molecule has 0 fully saturated rings. The molecule has 0 radical (unpaired) electrons. The predicted molar refractivity (Wildman–Crippen MR) is 230 cm³/mol. The molecule has 55 heavy (non-hydrogen) atoms. The molecular formula is C53H36N2. The van der Waals surface area contributed by atoms with Crippen LogP contribution in [0.15, 0.2) is 200 Å². The van der Waals surface area contributed by atoms with E-state index in [1.54, 1.807) is 0 Å². The summed E-state index contributed by atoms with van der Waals surface area (Å²) in [6.07, 6.45) is 5.52. The number of benzene rings is 8. The Morgan fingerprint density at radius 3 is 1.24 bits per heavy atom. The molecule has 0 unspecified atom stereocenters. The average molecular weight is 701 g/mol. The Labute approximate surface area is 321 Å². The lowest BCUT2D eigenvalue weighted by molar-refractivity contribution is 1.18. The first-order valence-electron chi connectivity index (χ1n) is 18.9. The van der Waals surface area contributed by atoms with E-state index in [-0.39, 0.29) is 0 Å². The summed E-state index contributed by atoms with van der Waals surface area (Å²) in [7, 11) is 0. The molecule has 0 aliphatic heterocycles. The van der Waals surface area contributed by atoms with Crippen LogP contribution < -0.4 is 0 Å². The fourth-order valence-electron chi connectivity index (χ4n) is 8.03. The second-order valence-corrected chi connectivity index (χ2v) is 14.1. The van der Waals surface area contributed by atoms with Gasteiger partial charge in [0.15, 0.2) is 5.82 Å². The van der Waals surface area contributed by atoms with Crippen LogP contribution in [0, 0.1) is 0 Å². The topological polar surface area (TPSA) is 25.8 Å². The predicted octanol–water partition coefficient (Wildman–Crippen LogP) is 13.9. The molecule has 0 bridgehead atoms. The molecule has 1 aliphatic rings. The van der Waals surface area contributed by atoms with Crippen LogP contribution in [0.3, 0.4) is 0 Å². The summed E-state index contributed by atoms with van der Waals surface area (Å²) < 4.78 is 0. The quantitative estimate of drug-likeness (QED) is 0.165. The van der Waals surface area contributed by atoms with Gasteiger partial charge in [0.05, 0.1) is 11.4 Å². The molecule has 0 N–H and O–H groups in total. The minimum atomic E-state index is 0.703. The summed E-state index contributed by atoms with van der Waals surface area (Å²) in [5, 5.41) is 2.55. The van der Waals surface area contributed by atoms with Crippen molar-refractivity contribution in [3.8, 4) is 78.4 Å². The van der Waals surface area contributed by atoms with E-state index >= 15 is 0 Å². The van der Waals surface area contributed by atoms with E-state index in [4.69, 9.17) is 9.97 Å². The van der Waals surface area contributed by atoms with Crippen LogP contribution in [0.2, 0.25) is 0 Å². The van der Waals surface area contributed by atoms with Gasteiger partial charge in [-0.2, -0.15) is 0 Å². The molecule has 0 atom stereocenters. The third-order valence-corrected chi connectivity index (χ3v) is 10.8. The highest BCUT2D eigenvalue weighted by Crippen LogP contribution is 2.45. The first-order valence-corrected chi connectivity index (χ1v) is 18.9. The minimum absolute atomic E-state index is 0.703. The van der Waals surface area contributed by atoms with Crippen LogP contribution in [0.25, 0.3) is 95.3 Å². The van der Waals surface area contributed by atoms with Gasteiger partial charge in [-0.1, -0.05) is 200 Å². The molecule has 10 rings (SSSR count). The van der Waals surface area contributed by atoms with Gasteiger partial charge in [-0.25, -0.2) is 9.97 Å². The van der Waals surface area contributed by atoms with Crippen LogP contribution in [0.1, 0.15) is 11.1 Å². The van der Waals surface area contributed by atoms with Crippen molar-refractivity contribution < 1.29 is 0 Å². The lowest BCUT2D eigenvalue weighted by Crippen LogP contribution is -1.97. The number of allylic oxidation sites excluding steroid dienone is 1. The number of hydrogen-bond donors (Lipinski definition) is 0. The second kappa shape index (κ2) is 14.0. The number of fused-ring (bicyclic) bond motifs is 2. The summed E-state index contributed by atoms with van der Waals surface area (Å²) in [6.45, 7) is 0. The standard InChI is InChI=1S/C53H36N2/c1-4-13-36(14-5-1)38-23-27-40(28-24-38)49-35-50(41-29-25-39(26-30-41)37-15-6-2-7-16-37)55-53(54-49)44-33-31-43(32-34-44)52-46-20-11-10-19-45(46)51(42-17-8-3-9-18-42)47-21-12-22-48(47)52/h1-21,23-35H,22H2. The Hall–Kier alpha value is -7.16. The molecule has 258 valence electrons. The van der Waals surface area contributed by atoms with Crippen LogP contribution in [0.4, 0.5) is 0 Å². The second-order valence-electron chi connectivity index (χ2n) is 14.1. The van der Waals surface area contributed by atoms with E-state index in [1.165, 1.54) is 66.4 Å². The highest BCUT2D eigenvalue weighted by molar-refractivity contribution is 6.10. The largest absolute Gasteiger partial charge is 0.228 e. The summed E-state index contributed by atoms with van der Waals surface area (Å²) >= 11 is 0.